The number of anilines is 1. The Bertz CT molecular complexity index is 1260. The summed E-state index contributed by atoms with van der Waals surface area (Å²) in [7, 11) is 3.80. The van der Waals surface area contributed by atoms with E-state index < -0.39 is 0 Å². The Morgan fingerprint density at radius 3 is 2.51 bits per heavy atom. The van der Waals surface area contributed by atoms with Crippen molar-refractivity contribution in [2.45, 2.75) is 46.0 Å². The summed E-state index contributed by atoms with van der Waals surface area (Å²) in [6.45, 7) is 14.6. The van der Waals surface area contributed by atoms with Gasteiger partial charge in [-0.25, -0.2) is 4.68 Å². The van der Waals surface area contributed by atoms with E-state index in [2.05, 4.69) is 59.3 Å². The van der Waals surface area contributed by atoms with Gasteiger partial charge in [0.15, 0.2) is 5.69 Å². The third-order valence-electron chi connectivity index (χ3n) is 7.17. The first-order valence-corrected chi connectivity index (χ1v) is 13.7. The minimum atomic E-state index is -0.314. The molecular weight excluding hydrogens is 492 g/mol. The molecule has 1 fully saturated rings. The van der Waals surface area contributed by atoms with E-state index in [0.717, 1.165) is 62.6 Å². The number of carbonyl (C=O) groups is 1. The molecule has 0 aliphatic carbocycles. The number of ether oxygens (including phenoxy) is 2. The number of nitrogens with zero attached hydrogens (tertiary/aromatic N) is 5. The Labute approximate surface area is 232 Å². The normalized spacial score (nSPS) is 14.8. The molecule has 210 valence electrons. The first-order chi connectivity index (χ1) is 18.6. The maximum absolute atomic E-state index is 13.2. The molecule has 2 aromatic carbocycles. The van der Waals surface area contributed by atoms with Crippen LogP contribution in [0, 0.1) is 6.92 Å². The molecule has 4 rings (SSSR count). The monoisotopic (exact) mass is 534 g/mol. The molecular formula is C30H42N6O3. The number of benzene rings is 2. The number of carbonyl (C=O) groups excluding carboxylic acids is 1. The van der Waals surface area contributed by atoms with Gasteiger partial charge in [0.2, 0.25) is 0 Å². The van der Waals surface area contributed by atoms with Crippen LogP contribution in [-0.4, -0.2) is 84.2 Å². The standard InChI is InChI=1S/C30H42N6O3/c1-22-28(32-33-36(22)25-10-9-11-26(21-25)38-6)29(37)31-24-18-23(30(2,3)4)19-27(20-24)39-17-8-7-12-35-15-13-34(5)14-16-35/h9-11,18-21H,7-8,12-17H2,1-6H3,(H,31,37). The van der Waals surface area contributed by atoms with Crippen molar-refractivity contribution in [2.75, 3.05) is 58.8 Å². The van der Waals surface area contributed by atoms with Gasteiger partial charge >= 0.3 is 0 Å². The lowest BCUT2D eigenvalue weighted by Gasteiger charge is -2.32. The van der Waals surface area contributed by atoms with Crippen molar-refractivity contribution in [3.63, 3.8) is 0 Å². The quantitative estimate of drug-likeness (QED) is 0.382. The Morgan fingerprint density at radius 1 is 1.03 bits per heavy atom. The van der Waals surface area contributed by atoms with E-state index in [-0.39, 0.29) is 17.0 Å². The molecule has 0 spiro atoms. The summed E-state index contributed by atoms with van der Waals surface area (Å²) >= 11 is 0. The van der Waals surface area contributed by atoms with Crippen LogP contribution in [0.25, 0.3) is 5.69 Å². The molecule has 2 heterocycles. The predicted molar refractivity (Wildman–Crippen MR) is 154 cm³/mol. The topological polar surface area (TPSA) is 84.7 Å². The van der Waals surface area contributed by atoms with Crippen LogP contribution in [0.1, 0.15) is 55.4 Å². The molecule has 0 saturated carbocycles. The fourth-order valence-corrected chi connectivity index (χ4v) is 4.60. The molecule has 1 aliphatic rings. The third kappa shape index (κ3) is 7.58. The second kappa shape index (κ2) is 12.6. The number of aromatic nitrogens is 3. The minimum absolute atomic E-state index is 0.105. The van der Waals surface area contributed by atoms with Gasteiger partial charge in [0.05, 0.1) is 25.1 Å². The minimum Gasteiger partial charge on any atom is -0.497 e. The lowest BCUT2D eigenvalue weighted by Crippen LogP contribution is -2.44. The van der Waals surface area contributed by atoms with Crippen LogP contribution in [0.15, 0.2) is 42.5 Å². The van der Waals surface area contributed by atoms with Crippen LogP contribution in [0.4, 0.5) is 5.69 Å². The molecule has 1 aromatic heterocycles. The average Bonchev–Trinajstić information content (AvgIpc) is 3.30. The van der Waals surface area contributed by atoms with Crippen molar-refractivity contribution in [1.82, 2.24) is 24.8 Å². The Kier molecular flexibility index (Phi) is 9.24. The van der Waals surface area contributed by atoms with E-state index in [1.807, 2.05) is 43.3 Å². The van der Waals surface area contributed by atoms with Gasteiger partial charge in [-0.3, -0.25) is 4.79 Å². The highest BCUT2D eigenvalue weighted by atomic mass is 16.5. The van der Waals surface area contributed by atoms with E-state index in [1.54, 1.807) is 11.8 Å². The highest BCUT2D eigenvalue weighted by Crippen LogP contribution is 2.30. The van der Waals surface area contributed by atoms with E-state index in [0.29, 0.717) is 23.7 Å². The molecule has 1 amide bonds. The fraction of sp³-hybridized carbons (Fsp3) is 0.500. The largest absolute Gasteiger partial charge is 0.497 e. The zero-order valence-corrected chi connectivity index (χ0v) is 24.2. The van der Waals surface area contributed by atoms with E-state index in [9.17, 15) is 4.79 Å². The molecule has 9 heteroatoms. The zero-order chi connectivity index (χ0) is 28.0. The van der Waals surface area contributed by atoms with Gasteiger partial charge in [0.1, 0.15) is 11.5 Å². The maximum atomic E-state index is 13.2. The van der Waals surface area contributed by atoms with Crippen molar-refractivity contribution >= 4 is 11.6 Å². The van der Waals surface area contributed by atoms with Gasteiger partial charge in [0, 0.05) is 44.0 Å². The van der Waals surface area contributed by atoms with E-state index in [1.165, 1.54) is 0 Å². The smallest absolute Gasteiger partial charge is 0.278 e. The van der Waals surface area contributed by atoms with E-state index >= 15 is 0 Å². The highest BCUT2D eigenvalue weighted by Gasteiger charge is 2.21. The SMILES string of the molecule is COc1cccc(-n2nnc(C(=O)Nc3cc(OCCCCN4CCN(C)CC4)cc(C(C)(C)C)c3)c2C)c1. The molecule has 1 aliphatic heterocycles. The average molecular weight is 535 g/mol. The summed E-state index contributed by atoms with van der Waals surface area (Å²) in [5.41, 5.74) is 3.34. The Balaban J connectivity index is 1.41. The summed E-state index contributed by atoms with van der Waals surface area (Å²) < 4.78 is 13.1. The molecule has 39 heavy (non-hydrogen) atoms. The number of hydrogen-bond acceptors (Lipinski definition) is 7. The number of hydrogen-bond donors (Lipinski definition) is 1. The Hall–Kier alpha value is -3.43. The number of unbranched alkanes of at least 4 members (excludes halogenated alkanes) is 1. The van der Waals surface area contributed by atoms with Crippen LogP contribution < -0.4 is 14.8 Å². The number of amides is 1. The molecule has 0 bridgehead atoms. The number of rotatable bonds is 10. The summed E-state index contributed by atoms with van der Waals surface area (Å²) in [6.07, 6.45) is 2.09. The first-order valence-electron chi connectivity index (χ1n) is 13.7. The molecule has 9 nitrogen and oxygen atoms in total. The van der Waals surface area contributed by atoms with Gasteiger partial charge in [-0.15, -0.1) is 5.10 Å². The first kappa shape index (κ1) is 28.6. The van der Waals surface area contributed by atoms with Crippen molar-refractivity contribution in [3.8, 4) is 17.2 Å². The third-order valence-corrected chi connectivity index (χ3v) is 7.17. The van der Waals surface area contributed by atoms with Crippen LogP contribution in [0.5, 0.6) is 11.5 Å². The molecule has 1 saturated heterocycles. The molecule has 0 radical (unpaired) electrons. The van der Waals surface area contributed by atoms with Crippen molar-refractivity contribution < 1.29 is 14.3 Å². The summed E-state index contributed by atoms with van der Waals surface area (Å²) in [5, 5.41) is 11.4. The van der Waals surface area contributed by atoms with E-state index in [4.69, 9.17) is 9.47 Å². The molecule has 1 N–H and O–H groups in total. The number of nitrogens with one attached hydrogen (secondary N) is 1. The van der Waals surface area contributed by atoms with Crippen LogP contribution >= 0.6 is 0 Å². The lowest BCUT2D eigenvalue weighted by molar-refractivity contribution is 0.102. The molecule has 3 aromatic rings. The molecule has 0 atom stereocenters. The summed E-state index contributed by atoms with van der Waals surface area (Å²) in [5.74, 6) is 1.15. The highest BCUT2D eigenvalue weighted by molar-refractivity contribution is 6.03. The lowest BCUT2D eigenvalue weighted by atomic mass is 9.86. The van der Waals surface area contributed by atoms with Gasteiger partial charge in [-0.2, -0.15) is 0 Å². The number of likely N-dealkylation sites (N-methyl/N-ethyl adjacent to an activating group) is 1. The fourth-order valence-electron chi connectivity index (χ4n) is 4.60. The van der Waals surface area contributed by atoms with Crippen LogP contribution in [0.2, 0.25) is 0 Å². The number of methoxy groups -OCH3 is 1. The summed E-state index contributed by atoms with van der Waals surface area (Å²) in [4.78, 5) is 18.2. The second-order valence-electron chi connectivity index (χ2n) is 11.3. The predicted octanol–water partition coefficient (Wildman–Crippen LogP) is 4.54. The van der Waals surface area contributed by atoms with Crippen LogP contribution in [0.3, 0.4) is 0 Å². The van der Waals surface area contributed by atoms with Gasteiger partial charge in [-0.1, -0.05) is 32.1 Å². The molecule has 0 unspecified atom stereocenters. The van der Waals surface area contributed by atoms with Gasteiger partial charge in [0.25, 0.3) is 5.91 Å². The van der Waals surface area contributed by atoms with Gasteiger partial charge < -0.3 is 24.6 Å². The Morgan fingerprint density at radius 2 is 1.79 bits per heavy atom. The van der Waals surface area contributed by atoms with Crippen molar-refractivity contribution in [1.29, 1.82) is 0 Å². The van der Waals surface area contributed by atoms with Crippen molar-refractivity contribution in [3.05, 3.63) is 59.4 Å². The second-order valence-corrected chi connectivity index (χ2v) is 11.3. The number of piperazine rings is 1. The van der Waals surface area contributed by atoms with Crippen LogP contribution in [-0.2, 0) is 5.41 Å². The zero-order valence-electron chi connectivity index (χ0n) is 24.2. The summed E-state index contributed by atoms with van der Waals surface area (Å²) in [6, 6.07) is 13.4. The van der Waals surface area contributed by atoms with Gasteiger partial charge in [-0.05, 0) is 68.6 Å². The maximum Gasteiger partial charge on any atom is 0.278 e. The van der Waals surface area contributed by atoms with Crippen molar-refractivity contribution in [2.24, 2.45) is 0 Å².